The van der Waals surface area contributed by atoms with Gasteiger partial charge in [0.15, 0.2) is 6.61 Å². The Balaban J connectivity index is 1.49. The van der Waals surface area contributed by atoms with Crippen molar-refractivity contribution in [3.8, 4) is 5.75 Å². The molecule has 1 aliphatic heterocycles. The van der Waals surface area contributed by atoms with Crippen molar-refractivity contribution in [2.24, 2.45) is 5.16 Å². The van der Waals surface area contributed by atoms with Gasteiger partial charge in [-0.25, -0.2) is 4.79 Å². The van der Waals surface area contributed by atoms with Crippen molar-refractivity contribution in [1.29, 1.82) is 0 Å². The summed E-state index contributed by atoms with van der Waals surface area (Å²) in [6.07, 6.45) is 9.73. The lowest BCUT2D eigenvalue weighted by molar-refractivity contribution is -0.136. The van der Waals surface area contributed by atoms with Crippen molar-refractivity contribution < 1.29 is 24.3 Å². The fraction of sp³-hybridized carbons (Fsp3) is 0.429. The number of pyridine rings is 1. The number of hydrogen-bond donors (Lipinski definition) is 1. The van der Waals surface area contributed by atoms with Crippen LogP contribution in [0.15, 0.2) is 59.4 Å². The van der Waals surface area contributed by atoms with E-state index in [0.29, 0.717) is 36.7 Å². The topological polar surface area (TPSA) is 101 Å². The number of carboxylic acid groups (broad SMARTS) is 1. The summed E-state index contributed by atoms with van der Waals surface area (Å²) in [6.45, 7) is 3.81. The highest BCUT2D eigenvalue weighted by Crippen LogP contribution is 2.18. The third kappa shape index (κ3) is 9.17. The molecular formula is C28H35N3O5. The molecule has 1 fully saturated rings. The Morgan fingerprint density at radius 2 is 1.69 bits per heavy atom. The van der Waals surface area contributed by atoms with Crippen LogP contribution in [0.1, 0.15) is 63.1 Å². The van der Waals surface area contributed by atoms with E-state index in [1.807, 2.05) is 30.0 Å². The molecule has 1 saturated heterocycles. The van der Waals surface area contributed by atoms with Gasteiger partial charge < -0.3 is 19.6 Å². The minimum atomic E-state index is -1.08. The molecule has 1 amide bonds. The average molecular weight is 494 g/mol. The average Bonchev–Trinajstić information content (AvgIpc) is 3.03. The van der Waals surface area contributed by atoms with Crippen LogP contribution in [0.25, 0.3) is 6.08 Å². The summed E-state index contributed by atoms with van der Waals surface area (Å²) >= 11 is 0. The number of carbonyl (C=O) groups excluding carboxylic acids is 1. The molecule has 2 aromatic rings. The van der Waals surface area contributed by atoms with Crippen LogP contribution in [0.4, 0.5) is 0 Å². The van der Waals surface area contributed by atoms with Crippen molar-refractivity contribution in [2.75, 3.05) is 26.3 Å². The highest BCUT2D eigenvalue weighted by molar-refractivity contribution is 5.98. The van der Waals surface area contributed by atoms with Crippen LogP contribution in [-0.2, 0) is 14.4 Å². The van der Waals surface area contributed by atoms with E-state index in [4.69, 9.17) is 9.57 Å². The Morgan fingerprint density at radius 1 is 1.00 bits per heavy atom. The Bertz CT molecular complexity index is 1020. The smallest absolute Gasteiger partial charge is 0.332 e. The summed E-state index contributed by atoms with van der Waals surface area (Å²) in [5.74, 6) is -0.566. The monoisotopic (exact) mass is 493 g/mol. The second kappa shape index (κ2) is 14.7. The predicted molar refractivity (Wildman–Crippen MR) is 139 cm³/mol. The number of nitrogens with zero attached hydrogens (tertiary/aromatic N) is 3. The van der Waals surface area contributed by atoms with Gasteiger partial charge >= 0.3 is 5.97 Å². The molecule has 36 heavy (non-hydrogen) atoms. The lowest BCUT2D eigenvalue weighted by atomic mass is 10.1. The molecule has 1 aliphatic rings. The second-order valence-corrected chi connectivity index (χ2v) is 8.80. The van der Waals surface area contributed by atoms with Crippen LogP contribution in [0.5, 0.6) is 5.75 Å². The van der Waals surface area contributed by atoms with Crippen LogP contribution in [0.2, 0.25) is 0 Å². The van der Waals surface area contributed by atoms with E-state index >= 15 is 0 Å². The molecule has 0 radical (unpaired) electrons. The van der Waals surface area contributed by atoms with Gasteiger partial charge in [-0.05, 0) is 55.7 Å². The van der Waals surface area contributed by atoms with E-state index in [-0.39, 0.29) is 24.5 Å². The maximum absolute atomic E-state index is 12.8. The first-order valence-electron chi connectivity index (χ1n) is 12.6. The number of oxime groups is 1. The van der Waals surface area contributed by atoms with Gasteiger partial charge in [-0.3, -0.25) is 9.78 Å². The molecule has 8 nitrogen and oxygen atoms in total. The Hall–Kier alpha value is -3.68. The highest BCUT2D eigenvalue weighted by atomic mass is 16.6. The summed E-state index contributed by atoms with van der Waals surface area (Å²) < 4.78 is 5.67. The van der Waals surface area contributed by atoms with Gasteiger partial charge in [0.1, 0.15) is 18.1 Å². The van der Waals surface area contributed by atoms with Crippen LogP contribution < -0.4 is 4.74 Å². The van der Waals surface area contributed by atoms with Gasteiger partial charge in [-0.2, -0.15) is 0 Å². The molecule has 1 N–H and O–H groups in total. The summed E-state index contributed by atoms with van der Waals surface area (Å²) in [5.41, 5.74) is 2.22. The number of benzene rings is 1. The quantitative estimate of drug-likeness (QED) is 0.218. The molecule has 8 heteroatoms. The number of aromatic nitrogens is 1. The van der Waals surface area contributed by atoms with Crippen molar-refractivity contribution >= 4 is 23.7 Å². The van der Waals surface area contributed by atoms with Crippen LogP contribution in [-0.4, -0.2) is 58.9 Å². The SMILES string of the molecule is CC(=NOCCOc1ccc(/C=C(\CC(=O)N2CCCCCCCC2)C(=O)O)cc1)c1ccccn1. The Kier molecular flexibility index (Phi) is 11.0. The highest BCUT2D eigenvalue weighted by Gasteiger charge is 2.19. The van der Waals surface area contributed by atoms with Crippen molar-refractivity contribution in [2.45, 2.75) is 51.9 Å². The standard InChI is InChI=1S/C28H35N3O5/c1-22(26-10-6-7-15-29-26)30-36-19-18-35-25-13-11-23(12-14-25)20-24(28(33)34)21-27(32)31-16-8-4-2-3-5-9-17-31/h6-7,10-15,20H,2-5,8-9,16-19,21H2,1H3,(H,33,34)/b24-20+,30-22?. The first-order valence-corrected chi connectivity index (χ1v) is 12.6. The Morgan fingerprint density at radius 3 is 2.33 bits per heavy atom. The van der Waals surface area contributed by atoms with E-state index in [2.05, 4.69) is 10.1 Å². The van der Waals surface area contributed by atoms with Gasteiger partial charge in [0.05, 0.1) is 12.1 Å². The normalized spacial score (nSPS) is 15.4. The molecule has 0 bridgehead atoms. The summed E-state index contributed by atoms with van der Waals surface area (Å²) in [4.78, 5) is 35.9. The van der Waals surface area contributed by atoms with Crippen molar-refractivity contribution in [3.63, 3.8) is 0 Å². The summed E-state index contributed by atoms with van der Waals surface area (Å²) in [5, 5.41) is 13.7. The maximum atomic E-state index is 12.8. The number of hydrogen-bond acceptors (Lipinski definition) is 6. The zero-order chi connectivity index (χ0) is 25.6. The minimum absolute atomic E-state index is 0.0862. The van der Waals surface area contributed by atoms with Gasteiger partial charge in [-0.1, -0.05) is 49.0 Å². The molecule has 0 saturated carbocycles. The molecule has 0 atom stereocenters. The second-order valence-electron chi connectivity index (χ2n) is 8.80. The predicted octanol–water partition coefficient (Wildman–Crippen LogP) is 4.94. The lowest BCUT2D eigenvalue weighted by Gasteiger charge is -2.22. The third-order valence-corrected chi connectivity index (χ3v) is 5.98. The zero-order valence-electron chi connectivity index (χ0n) is 20.9. The van der Waals surface area contributed by atoms with Gasteiger partial charge in [-0.15, -0.1) is 0 Å². The molecule has 0 spiro atoms. The van der Waals surface area contributed by atoms with E-state index in [9.17, 15) is 14.7 Å². The molecule has 192 valence electrons. The van der Waals surface area contributed by atoms with E-state index in [1.165, 1.54) is 12.8 Å². The van der Waals surface area contributed by atoms with Crippen molar-refractivity contribution in [3.05, 3.63) is 65.5 Å². The molecule has 3 rings (SSSR count). The summed E-state index contributed by atoms with van der Waals surface area (Å²) in [6, 6.07) is 12.7. The minimum Gasteiger partial charge on any atom is -0.490 e. The molecule has 2 heterocycles. The fourth-order valence-electron chi connectivity index (χ4n) is 3.96. The van der Waals surface area contributed by atoms with Crippen LogP contribution in [0.3, 0.4) is 0 Å². The largest absolute Gasteiger partial charge is 0.490 e. The van der Waals surface area contributed by atoms with E-state index < -0.39 is 5.97 Å². The summed E-state index contributed by atoms with van der Waals surface area (Å²) in [7, 11) is 0. The number of carbonyl (C=O) groups is 2. The lowest BCUT2D eigenvalue weighted by Crippen LogP contribution is -2.33. The molecule has 1 aromatic carbocycles. The van der Waals surface area contributed by atoms with E-state index in [0.717, 1.165) is 31.4 Å². The Labute approximate surface area is 212 Å². The van der Waals surface area contributed by atoms with Gasteiger partial charge in [0, 0.05) is 24.9 Å². The van der Waals surface area contributed by atoms with Gasteiger partial charge in [0.25, 0.3) is 0 Å². The maximum Gasteiger partial charge on any atom is 0.332 e. The molecular weight excluding hydrogens is 458 g/mol. The van der Waals surface area contributed by atoms with Crippen molar-refractivity contribution in [1.82, 2.24) is 9.88 Å². The fourth-order valence-corrected chi connectivity index (χ4v) is 3.96. The zero-order valence-corrected chi connectivity index (χ0v) is 20.9. The number of carboxylic acids is 1. The third-order valence-electron chi connectivity index (χ3n) is 5.98. The number of aliphatic carboxylic acids is 1. The number of ether oxygens (including phenoxy) is 1. The number of amides is 1. The molecule has 0 aliphatic carbocycles. The molecule has 1 aromatic heterocycles. The first-order chi connectivity index (χ1) is 17.5. The van der Waals surface area contributed by atoms with Crippen LogP contribution in [0, 0.1) is 0 Å². The van der Waals surface area contributed by atoms with Crippen LogP contribution >= 0.6 is 0 Å². The number of rotatable bonds is 10. The molecule has 0 unspecified atom stereocenters. The van der Waals surface area contributed by atoms with E-state index in [1.54, 1.807) is 36.5 Å². The van der Waals surface area contributed by atoms with Gasteiger partial charge in [0.2, 0.25) is 5.91 Å². The first kappa shape index (κ1) is 26.9.